The first kappa shape index (κ1) is 91.4. The number of rotatable bonds is 19. The SMILES string of the molecule is CC(N)c1ncccn1.C[C@@H](NC(=O)c1nc(-c2ccc3ncccc3c2)c(-c2ccccc2)nc1N)c1ncccn1.C[C@@H](NC(=O)c1nc(-c2ccc3ncccc3c2)c(-c2ccccc2)nc1N)c1ncccn1.C[C@H](NC(=O)c1nc(-c2ccc3ncccc3c2)c(-c2ccccc2)nc1N)c1ncccn1.Nc1nc(-c2ccccc2)c(-c2ccc3ncccc3c2)nc1C(=O)O. The maximum absolute atomic E-state index is 13.1. The molecule has 1 unspecified atom stereocenters. The van der Waals surface area contributed by atoms with E-state index in [0.717, 1.165) is 88.1 Å². The molecule has 20 aromatic rings. The van der Waals surface area contributed by atoms with Gasteiger partial charge in [0.2, 0.25) is 0 Å². The maximum Gasteiger partial charge on any atom is 0.358 e. The van der Waals surface area contributed by atoms with Crippen molar-refractivity contribution in [2.75, 3.05) is 22.9 Å². The Balaban J connectivity index is 0.000000129. The van der Waals surface area contributed by atoms with Crippen molar-refractivity contribution in [1.82, 2.24) is 116 Å². The van der Waals surface area contributed by atoms with Crippen LogP contribution < -0.4 is 44.6 Å². The lowest BCUT2D eigenvalue weighted by atomic mass is 10.0. The van der Waals surface area contributed by atoms with Gasteiger partial charge in [-0.3, -0.25) is 34.3 Å². The summed E-state index contributed by atoms with van der Waals surface area (Å²) in [5.41, 5.74) is 44.3. The number of pyridine rings is 4. The zero-order valence-electron chi connectivity index (χ0n) is 74.1. The van der Waals surface area contributed by atoms with Crippen LogP contribution in [-0.2, 0) is 0 Å². The van der Waals surface area contributed by atoms with Crippen molar-refractivity contribution >= 4 is 90.6 Å². The fraction of sp³-hybridized carbons (Fsp3) is 0.0769. The second kappa shape index (κ2) is 42.8. The highest BCUT2D eigenvalue weighted by atomic mass is 16.4. The van der Waals surface area contributed by atoms with Gasteiger partial charge in [0.1, 0.15) is 23.3 Å². The van der Waals surface area contributed by atoms with E-state index in [-0.39, 0.29) is 52.1 Å². The number of fused-ring (bicyclic) bond motifs is 4. The number of carboxylic acid groups (broad SMARTS) is 1. The predicted octanol–water partition coefficient (Wildman–Crippen LogP) is 16.8. The maximum atomic E-state index is 13.1. The summed E-state index contributed by atoms with van der Waals surface area (Å²) in [4.78, 5) is 138. The number of benzene rings is 8. The number of nitrogens with one attached hydrogen (secondary N) is 3. The first-order chi connectivity index (χ1) is 66.7. The summed E-state index contributed by atoms with van der Waals surface area (Å²) in [6.45, 7) is 7.25. The van der Waals surface area contributed by atoms with Gasteiger partial charge < -0.3 is 49.7 Å². The van der Waals surface area contributed by atoms with E-state index in [1.165, 1.54) is 0 Å². The van der Waals surface area contributed by atoms with Crippen LogP contribution >= 0.6 is 0 Å². The highest BCUT2D eigenvalue weighted by molar-refractivity contribution is 6.02. The van der Waals surface area contributed by atoms with E-state index in [2.05, 4.69) is 101 Å². The third kappa shape index (κ3) is 22.1. The van der Waals surface area contributed by atoms with E-state index < -0.39 is 41.8 Å². The molecular formula is C104H86N28O5. The van der Waals surface area contributed by atoms with E-state index in [1.54, 1.807) is 119 Å². The largest absolute Gasteiger partial charge is 0.476 e. The Hall–Kier alpha value is -18.9. The van der Waals surface area contributed by atoms with E-state index in [1.807, 2.05) is 250 Å². The molecule has 12 aromatic heterocycles. The summed E-state index contributed by atoms with van der Waals surface area (Å²) in [6.07, 6.45) is 20.1. The molecule has 672 valence electrons. The topological polar surface area (TPSA) is 512 Å². The van der Waals surface area contributed by atoms with Gasteiger partial charge in [-0.25, -0.2) is 84.5 Å². The number of carbonyl (C=O) groups is 4. The lowest BCUT2D eigenvalue weighted by molar-refractivity contribution is 0.0690. The van der Waals surface area contributed by atoms with Crippen LogP contribution in [0.5, 0.6) is 0 Å². The Labute approximate surface area is 784 Å². The smallest absolute Gasteiger partial charge is 0.358 e. The summed E-state index contributed by atoms with van der Waals surface area (Å²) < 4.78 is 0. The Kier molecular flexibility index (Phi) is 28.5. The summed E-state index contributed by atoms with van der Waals surface area (Å²) >= 11 is 0. The average molecular weight is 1810 g/mol. The van der Waals surface area contributed by atoms with Gasteiger partial charge in [-0.05, 0) is 125 Å². The Bertz CT molecular complexity index is 7160. The molecule has 0 aliphatic rings. The molecule has 8 aromatic carbocycles. The minimum Gasteiger partial charge on any atom is -0.476 e. The molecule has 14 N–H and O–H groups in total. The van der Waals surface area contributed by atoms with E-state index >= 15 is 0 Å². The van der Waals surface area contributed by atoms with Crippen LogP contribution in [0.2, 0.25) is 0 Å². The molecule has 3 amide bonds. The van der Waals surface area contributed by atoms with Crippen molar-refractivity contribution in [2.24, 2.45) is 5.73 Å². The molecule has 0 fully saturated rings. The number of hydrogen-bond acceptors (Lipinski definition) is 29. The minimum absolute atomic E-state index is 0.0451. The van der Waals surface area contributed by atoms with Gasteiger partial charge in [0, 0.05) is 140 Å². The van der Waals surface area contributed by atoms with Crippen LogP contribution in [0, 0.1) is 0 Å². The Morgan fingerprint density at radius 1 is 0.241 bits per heavy atom. The van der Waals surface area contributed by atoms with Crippen molar-refractivity contribution in [3.05, 3.63) is 387 Å². The zero-order valence-corrected chi connectivity index (χ0v) is 74.1. The molecule has 4 atom stereocenters. The zero-order chi connectivity index (χ0) is 95.3. The number of aromatic carboxylic acids is 1. The van der Waals surface area contributed by atoms with Crippen LogP contribution in [0.4, 0.5) is 23.3 Å². The number of carboxylic acids is 1. The fourth-order valence-corrected chi connectivity index (χ4v) is 14.5. The van der Waals surface area contributed by atoms with Gasteiger partial charge in [0.15, 0.2) is 46.0 Å². The molecule has 0 aliphatic heterocycles. The number of hydrogen-bond donors (Lipinski definition) is 9. The summed E-state index contributed by atoms with van der Waals surface area (Å²) in [7, 11) is 0. The van der Waals surface area contributed by atoms with Crippen LogP contribution in [0.3, 0.4) is 0 Å². The number of carbonyl (C=O) groups excluding carboxylic acids is 3. The first-order valence-corrected chi connectivity index (χ1v) is 43.1. The lowest BCUT2D eigenvalue weighted by Gasteiger charge is -2.15. The second-order valence-electron chi connectivity index (χ2n) is 30.8. The van der Waals surface area contributed by atoms with E-state index in [4.69, 9.17) is 43.6 Å². The molecule has 0 spiro atoms. The fourth-order valence-electron chi connectivity index (χ4n) is 14.5. The van der Waals surface area contributed by atoms with Gasteiger partial charge in [-0.2, -0.15) is 0 Å². The molecule has 137 heavy (non-hydrogen) atoms. The van der Waals surface area contributed by atoms with Gasteiger partial charge in [-0.1, -0.05) is 170 Å². The summed E-state index contributed by atoms with van der Waals surface area (Å²) in [5.74, 6) is -0.369. The molecular weight excluding hydrogens is 1720 g/mol. The first-order valence-electron chi connectivity index (χ1n) is 43.1. The molecule has 0 radical (unpaired) electrons. The van der Waals surface area contributed by atoms with Crippen molar-refractivity contribution in [1.29, 1.82) is 0 Å². The van der Waals surface area contributed by atoms with Gasteiger partial charge >= 0.3 is 5.97 Å². The van der Waals surface area contributed by atoms with Crippen LogP contribution in [-0.4, -0.2) is 128 Å². The summed E-state index contributed by atoms with van der Waals surface area (Å²) in [6, 6.07) is 82.4. The molecule has 33 heteroatoms. The molecule has 0 saturated heterocycles. The molecule has 12 heterocycles. The van der Waals surface area contributed by atoms with Gasteiger partial charge in [0.05, 0.1) is 91.8 Å². The molecule has 0 aliphatic carbocycles. The quantitative estimate of drug-likeness (QED) is 0.0363. The Morgan fingerprint density at radius 3 is 0.679 bits per heavy atom. The highest BCUT2D eigenvalue weighted by Gasteiger charge is 2.28. The lowest BCUT2D eigenvalue weighted by Crippen LogP contribution is -2.29. The second-order valence-corrected chi connectivity index (χ2v) is 30.8. The number of nitrogens with two attached hydrogens (primary N) is 5. The average Bonchev–Trinajstić information content (AvgIpc) is 0.788. The highest BCUT2D eigenvalue weighted by Crippen LogP contribution is 2.38. The third-order valence-electron chi connectivity index (χ3n) is 21.2. The van der Waals surface area contributed by atoms with Gasteiger partial charge in [-0.15, -0.1) is 0 Å². The third-order valence-corrected chi connectivity index (χ3v) is 21.2. The number of nitrogen functional groups attached to an aromatic ring is 4. The monoisotopic (exact) mass is 1810 g/mol. The van der Waals surface area contributed by atoms with Crippen molar-refractivity contribution in [2.45, 2.75) is 51.9 Å². The molecule has 20 rings (SSSR count). The molecule has 33 nitrogen and oxygen atoms in total. The number of nitrogens with zero attached hydrogens (tertiary/aromatic N) is 20. The summed E-state index contributed by atoms with van der Waals surface area (Å²) in [5, 5.41) is 21.8. The molecule has 0 saturated carbocycles. The van der Waals surface area contributed by atoms with Crippen molar-refractivity contribution in [3.8, 4) is 90.1 Å². The standard InChI is InChI=1S/3C26H21N7O.C20H14N4O2.C6H9N3/c3*1-16(25-29-13-6-14-30-25)31-26(34)23-24(27)33-21(17-7-3-2-4-8-17)22(32-23)19-10-11-20-18(15-19)9-5-12-28-20;21-19-18(20(25)26)23-17(16(24-19)12-5-2-1-3-6-12)14-8-9-15-13(11-14)7-4-10-22-15;1-5(7)6-8-3-2-4-9-6/h3*2-16H,1H3,(H2,27,33)(H,31,34);1-11H,(H2,21,24)(H,25,26);2-5H,7H2,1H3/t3*16-;;/m110../s1. The van der Waals surface area contributed by atoms with Gasteiger partial charge in [0.25, 0.3) is 17.7 Å². The normalized spacial score (nSPS) is 11.7. The van der Waals surface area contributed by atoms with E-state index in [9.17, 15) is 24.3 Å². The van der Waals surface area contributed by atoms with E-state index in [0.29, 0.717) is 68.8 Å². The van der Waals surface area contributed by atoms with Crippen molar-refractivity contribution in [3.63, 3.8) is 0 Å². The minimum atomic E-state index is -1.21. The number of anilines is 4. The van der Waals surface area contributed by atoms with Crippen LogP contribution in [0.1, 0.15) is 117 Å². The van der Waals surface area contributed by atoms with Crippen LogP contribution in [0.15, 0.2) is 341 Å². The number of aromatic nitrogens is 20. The Morgan fingerprint density at radius 2 is 0.453 bits per heavy atom. The van der Waals surface area contributed by atoms with Crippen molar-refractivity contribution < 1.29 is 24.3 Å². The predicted molar refractivity (Wildman–Crippen MR) is 526 cm³/mol. The number of amides is 3. The molecule has 0 bridgehead atoms. The van der Waals surface area contributed by atoms with Crippen LogP contribution in [0.25, 0.3) is 134 Å².